The number of hydrogen-bond donors (Lipinski definition) is 2. The van der Waals surface area contributed by atoms with Crippen LogP contribution in [-0.4, -0.2) is 48.1 Å². The summed E-state index contributed by atoms with van der Waals surface area (Å²) in [5.74, 6) is -0.696. The Labute approximate surface area is 109 Å². The summed E-state index contributed by atoms with van der Waals surface area (Å²) in [7, 11) is 0. The highest BCUT2D eigenvalue weighted by Crippen LogP contribution is 2.03. The molecule has 0 spiro atoms. The van der Waals surface area contributed by atoms with E-state index < -0.39 is 5.97 Å². The molecule has 1 atom stereocenters. The number of amides is 1. The summed E-state index contributed by atoms with van der Waals surface area (Å²) in [5, 5.41) is 10.8. The zero-order chi connectivity index (χ0) is 12.6. The molecule has 0 radical (unpaired) electrons. The van der Waals surface area contributed by atoms with Gasteiger partial charge in [0.05, 0.1) is 6.54 Å². The zero-order valence-corrected chi connectivity index (χ0v) is 11.5. The van der Waals surface area contributed by atoms with Gasteiger partial charge in [-0.1, -0.05) is 27.2 Å². The molecule has 0 rings (SSSR count). The fourth-order valence-corrected chi connectivity index (χ4v) is 1.31. The van der Waals surface area contributed by atoms with Gasteiger partial charge >= 0.3 is 5.97 Å². The molecular weight excluding hydrogens is 244 g/mol. The van der Waals surface area contributed by atoms with Crippen molar-refractivity contribution in [1.82, 2.24) is 10.2 Å². The maximum absolute atomic E-state index is 11.4. The van der Waals surface area contributed by atoms with Gasteiger partial charge in [0.15, 0.2) is 0 Å². The number of hydrogen-bond acceptors (Lipinski definition) is 3. The molecule has 0 aromatic heterocycles. The van der Waals surface area contributed by atoms with Crippen LogP contribution in [0, 0.1) is 5.92 Å². The Hall–Kier alpha value is -0.810. The maximum Gasteiger partial charge on any atom is 0.322 e. The molecule has 0 fully saturated rings. The van der Waals surface area contributed by atoms with Gasteiger partial charge < -0.3 is 10.4 Å². The van der Waals surface area contributed by atoms with Gasteiger partial charge in [0, 0.05) is 6.54 Å². The Morgan fingerprint density at radius 3 is 2.35 bits per heavy atom. The van der Waals surface area contributed by atoms with Crippen molar-refractivity contribution in [3.63, 3.8) is 0 Å². The van der Waals surface area contributed by atoms with E-state index in [-0.39, 0.29) is 31.4 Å². The van der Waals surface area contributed by atoms with E-state index >= 15 is 0 Å². The number of nitrogens with zero attached hydrogens (tertiary/aromatic N) is 1. The summed E-state index contributed by atoms with van der Waals surface area (Å²) < 4.78 is 0. The second-order valence-electron chi connectivity index (χ2n) is 4.01. The topological polar surface area (TPSA) is 69.6 Å². The standard InChI is InChI=1S/C11H22N2O3.ClH/c1-4-9(3)7-13(5-2)8-10(14)12-6-11(15)16;/h9H,4-8H2,1-3H3,(H,12,14)(H,15,16);1H. The molecule has 1 unspecified atom stereocenters. The lowest BCUT2D eigenvalue weighted by Gasteiger charge is -2.22. The predicted octanol–water partition coefficient (Wildman–Crippen LogP) is 0.977. The largest absolute Gasteiger partial charge is 0.480 e. The molecule has 6 heteroatoms. The molecule has 102 valence electrons. The van der Waals surface area contributed by atoms with E-state index in [4.69, 9.17) is 5.11 Å². The Morgan fingerprint density at radius 1 is 1.35 bits per heavy atom. The van der Waals surface area contributed by atoms with Gasteiger partial charge in [-0.2, -0.15) is 0 Å². The van der Waals surface area contributed by atoms with Gasteiger partial charge in [-0.15, -0.1) is 12.4 Å². The Balaban J connectivity index is 0. The van der Waals surface area contributed by atoms with Crippen molar-refractivity contribution in [2.75, 3.05) is 26.2 Å². The molecular formula is C11H23ClN2O3. The van der Waals surface area contributed by atoms with Gasteiger partial charge in [0.2, 0.25) is 5.91 Å². The number of carbonyl (C=O) groups excluding carboxylic acids is 1. The van der Waals surface area contributed by atoms with Crippen LogP contribution >= 0.6 is 12.4 Å². The average molecular weight is 267 g/mol. The highest BCUT2D eigenvalue weighted by Gasteiger charge is 2.12. The van der Waals surface area contributed by atoms with Gasteiger partial charge in [-0.05, 0) is 12.5 Å². The van der Waals surface area contributed by atoms with Crippen LogP contribution in [0.5, 0.6) is 0 Å². The lowest BCUT2D eigenvalue weighted by atomic mass is 10.1. The van der Waals surface area contributed by atoms with Gasteiger partial charge in [0.25, 0.3) is 0 Å². The van der Waals surface area contributed by atoms with Crippen molar-refractivity contribution >= 4 is 24.3 Å². The van der Waals surface area contributed by atoms with E-state index in [0.29, 0.717) is 5.92 Å². The number of likely N-dealkylation sites (N-methyl/N-ethyl adjacent to an activating group) is 1. The van der Waals surface area contributed by atoms with E-state index in [0.717, 1.165) is 19.5 Å². The van der Waals surface area contributed by atoms with E-state index in [1.165, 1.54) is 0 Å². The smallest absolute Gasteiger partial charge is 0.322 e. The highest BCUT2D eigenvalue weighted by atomic mass is 35.5. The number of nitrogens with one attached hydrogen (secondary N) is 1. The normalized spacial score (nSPS) is 11.8. The van der Waals surface area contributed by atoms with Gasteiger partial charge in [-0.3, -0.25) is 14.5 Å². The summed E-state index contributed by atoms with van der Waals surface area (Å²) >= 11 is 0. The van der Waals surface area contributed by atoms with E-state index in [1.807, 2.05) is 11.8 Å². The van der Waals surface area contributed by atoms with Crippen LogP contribution in [0.25, 0.3) is 0 Å². The lowest BCUT2D eigenvalue weighted by molar-refractivity contribution is -0.138. The average Bonchev–Trinajstić information content (AvgIpc) is 2.25. The fraction of sp³-hybridized carbons (Fsp3) is 0.818. The first kappa shape index (κ1) is 18.6. The number of carbonyl (C=O) groups is 2. The Morgan fingerprint density at radius 2 is 1.94 bits per heavy atom. The number of halogens is 1. The SMILES string of the molecule is CCC(C)CN(CC)CC(=O)NCC(=O)O.Cl. The number of aliphatic carboxylic acids is 1. The van der Waals surface area contributed by atoms with E-state index in [9.17, 15) is 9.59 Å². The van der Waals surface area contributed by atoms with Crippen LogP contribution in [0.1, 0.15) is 27.2 Å². The van der Waals surface area contributed by atoms with Crippen molar-refractivity contribution in [3.8, 4) is 0 Å². The summed E-state index contributed by atoms with van der Waals surface area (Å²) in [6.07, 6.45) is 1.08. The molecule has 0 aromatic rings. The van der Waals surface area contributed by atoms with Crippen molar-refractivity contribution in [2.24, 2.45) is 5.92 Å². The summed E-state index contributed by atoms with van der Waals surface area (Å²) in [5.41, 5.74) is 0. The van der Waals surface area contributed by atoms with Crippen LogP contribution in [0.3, 0.4) is 0 Å². The fourth-order valence-electron chi connectivity index (χ4n) is 1.31. The van der Waals surface area contributed by atoms with E-state index in [2.05, 4.69) is 19.2 Å². The predicted molar refractivity (Wildman–Crippen MR) is 69.5 cm³/mol. The van der Waals surface area contributed by atoms with Crippen LogP contribution < -0.4 is 5.32 Å². The molecule has 0 aromatic carbocycles. The number of rotatable bonds is 8. The second-order valence-corrected chi connectivity index (χ2v) is 4.01. The first-order chi connectivity index (χ1) is 7.49. The molecule has 0 aliphatic rings. The first-order valence-electron chi connectivity index (χ1n) is 5.70. The van der Waals surface area contributed by atoms with Crippen LogP contribution in [0.2, 0.25) is 0 Å². The molecule has 1 amide bonds. The summed E-state index contributed by atoms with van der Waals surface area (Å²) in [6.45, 7) is 7.87. The zero-order valence-electron chi connectivity index (χ0n) is 10.7. The molecule has 2 N–H and O–H groups in total. The minimum absolute atomic E-state index is 0. The molecule has 0 bridgehead atoms. The minimum Gasteiger partial charge on any atom is -0.480 e. The molecule has 0 aliphatic carbocycles. The van der Waals surface area contributed by atoms with Crippen LogP contribution in [0.15, 0.2) is 0 Å². The molecule has 17 heavy (non-hydrogen) atoms. The van der Waals surface area contributed by atoms with Gasteiger partial charge in [-0.25, -0.2) is 0 Å². The van der Waals surface area contributed by atoms with E-state index in [1.54, 1.807) is 0 Å². The molecule has 0 heterocycles. The van der Waals surface area contributed by atoms with Crippen molar-refractivity contribution < 1.29 is 14.7 Å². The molecule has 0 aliphatic heterocycles. The summed E-state index contributed by atoms with van der Waals surface area (Å²) in [6, 6.07) is 0. The quantitative estimate of drug-likeness (QED) is 0.687. The van der Waals surface area contributed by atoms with Crippen molar-refractivity contribution in [1.29, 1.82) is 0 Å². The van der Waals surface area contributed by atoms with Crippen molar-refractivity contribution in [2.45, 2.75) is 27.2 Å². The number of carboxylic acid groups (broad SMARTS) is 1. The van der Waals surface area contributed by atoms with Crippen LogP contribution in [-0.2, 0) is 9.59 Å². The molecule has 5 nitrogen and oxygen atoms in total. The van der Waals surface area contributed by atoms with Gasteiger partial charge in [0.1, 0.15) is 6.54 Å². The Kier molecular flexibility index (Phi) is 11.3. The lowest BCUT2D eigenvalue weighted by Crippen LogP contribution is -2.40. The highest BCUT2D eigenvalue weighted by molar-refractivity contribution is 5.85. The minimum atomic E-state index is -1.02. The van der Waals surface area contributed by atoms with Crippen molar-refractivity contribution in [3.05, 3.63) is 0 Å². The third-order valence-electron chi connectivity index (χ3n) is 2.52. The third-order valence-corrected chi connectivity index (χ3v) is 2.52. The molecule has 0 saturated carbocycles. The van der Waals surface area contributed by atoms with Crippen LogP contribution in [0.4, 0.5) is 0 Å². The summed E-state index contributed by atoms with van der Waals surface area (Å²) in [4.78, 5) is 23.6. The molecule has 0 saturated heterocycles. The number of carboxylic acids is 1. The third kappa shape index (κ3) is 10.1. The first-order valence-corrected chi connectivity index (χ1v) is 5.70. The maximum atomic E-state index is 11.4. The monoisotopic (exact) mass is 266 g/mol. The second kappa shape index (κ2) is 10.4. The Bertz CT molecular complexity index is 237.